The lowest BCUT2D eigenvalue weighted by Gasteiger charge is -2.35. The summed E-state index contributed by atoms with van der Waals surface area (Å²) in [6.07, 6.45) is 0. The lowest BCUT2D eigenvalue weighted by Crippen LogP contribution is -2.49. The highest BCUT2D eigenvalue weighted by Gasteiger charge is 2.23. The summed E-state index contributed by atoms with van der Waals surface area (Å²) in [5.74, 6) is 0.850. The van der Waals surface area contributed by atoms with Gasteiger partial charge in [-0.3, -0.25) is 9.69 Å². The third-order valence-corrected chi connectivity index (χ3v) is 4.03. The number of hydrogen-bond acceptors (Lipinski definition) is 3. The van der Waals surface area contributed by atoms with Gasteiger partial charge >= 0.3 is 0 Å². The van der Waals surface area contributed by atoms with Gasteiger partial charge in [0.05, 0.1) is 0 Å². The Balaban J connectivity index is 1.99. The van der Waals surface area contributed by atoms with Gasteiger partial charge in [0, 0.05) is 51.0 Å². The molecular weight excluding hydrogens is 262 g/mol. The molecule has 21 heavy (non-hydrogen) atoms. The Kier molecular flexibility index (Phi) is 5.23. The van der Waals surface area contributed by atoms with Crippen LogP contribution in [0.1, 0.15) is 29.8 Å². The molecule has 0 atom stereocenters. The summed E-state index contributed by atoms with van der Waals surface area (Å²) in [5.41, 5.74) is 2.91. The van der Waals surface area contributed by atoms with Crippen LogP contribution in [0.4, 0.5) is 5.69 Å². The standard InChI is InChI=1S/C17H27N3O/c1-13(2)12-19-7-9-20(10-8-19)17(21)16-6-5-15(18-4)11-14(16)3/h5-6,11,13,18H,7-10,12H2,1-4H3. The van der Waals surface area contributed by atoms with Crippen LogP contribution < -0.4 is 5.32 Å². The Bertz CT molecular complexity index is 491. The maximum atomic E-state index is 12.6. The van der Waals surface area contributed by atoms with E-state index in [-0.39, 0.29) is 5.91 Å². The van der Waals surface area contributed by atoms with Crippen LogP contribution in [-0.4, -0.2) is 55.5 Å². The molecule has 1 aromatic rings. The van der Waals surface area contributed by atoms with Crippen molar-refractivity contribution in [3.8, 4) is 0 Å². The number of carbonyl (C=O) groups excluding carboxylic acids is 1. The molecule has 4 heteroatoms. The van der Waals surface area contributed by atoms with E-state index in [4.69, 9.17) is 0 Å². The van der Waals surface area contributed by atoms with Crippen molar-refractivity contribution in [1.82, 2.24) is 9.80 Å². The van der Waals surface area contributed by atoms with Crippen LogP contribution in [0.5, 0.6) is 0 Å². The van der Waals surface area contributed by atoms with Crippen LogP contribution in [-0.2, 0) is 0 Å². The normalized spacial score (nSPS) is 16.3. The lowest BCUT2D eigenvalue weighted by atomic mass is 10.1. The summed E-state index contributed by atoms with van der Waals surface area (Å²) in [4.78, 5) is 17.1. The first kappa shape index (κ1) is 15.8. The van der Waals surface area contributed by atoms with Crippen LogP contribution in [0.3, 0.4) is 0 Å². The summed E-state index contributed by atoms with van der Waals surface area (Å²) >= 11 is 0. The summed E-state index contributed by atoms with van der Waals surface area (Å²) in [7, 11) is 1.89. The monoisotopic (exact) mass is 289 g/mol. The maximum Gasteiger partial charge on any atom is 0.254 e. The van der Waals surface area contributed by atoms with Crippen molar-refractivity contribution in [2.75, 3.05) is 45.1 Å². The summed E-state index contributed by atoms with van der Waals surface area (Å²) in [6, 6.07) is 5.93. The smallest absolute Gasteiger partial charge is 0.254 e. The van der Waals surface area contributed by atoms with Gasteiger partial charge in [-0.05, 0) is 36.6 Å². The average molecular weight is 289 g/mol. The Morgan fingerprint density at radius 1 is 1.24 bits per heavy atom. The van der Waals surface area contributed by atoms with Crippen LogP contribution in [0, 0.1) is 12.8 Å². The summed E-state index contributed by atoms with van der Waals surface area (Å²) < 4.78 is 0. The summed E-state index contributed by atoms with van der Waals surface area (Å²) in [6.45, 7) is 11.2. The van der Waals surface area contributed by atoms with E-state index in [2.05, 4.69) is 24.1 Å². The van der Waals surface area contributed by atoms with Gasteiger partial charge in [-0.25, -0.2) is 0 Å². The third kappa shape index (κ3) is 3.97. The van der Waals surface area contributed by atoms with Crippen molar-refractivity contribution < 1.29 is 4.79 Å². The Morgan fingerprint density at radius 3 is 2.43 bits per heavy atom. The fourth-order valence-electron chi connectivity index (χ4n) is 2.88. The lowest BCUT2D eigenvalue weighted by molar-refractivity contribution is 0.0623. The van der Waals surface area contributed by atoms with Crippen LogP contribution >= 0.6 is 0 Å². The van der Waals surface area contributed by atoms with E-state index in [0.717, 1.165) is 49.5 Å². The number of hydrogen-bond donors (Lipinski definition) is 1. The van der Waals surface area contributed by atoms with E-state index in [0.29, 0.717) is 5.92 Å². The van der Waals surface area contributed by atoms with Crippen LogP contribution in [0.25, 0.3) is 0 Å². The van der Waals surface area contributed by atoms with Crippen LogP contribution in [0.15, 0.2) is 18.2 Å². The molecule has 116 valence electrons. The molecule has 0 bridgehead atoms. The van der Waals surface area contributed by atoms with Gasteiger partial charge in [-0.1, -0.05) is 13.8 Å². The molecule has 1 aromatic carbocycles. The number of piperazine rings is 1. The molecule has 4 nitrogen and oxygen atoms in total. The zero-order chi connectivity index (χ0) is 15.4. The Morgan fingerprint density at radius 2 is 1.90 bits per heavy atom. The number of rotatable bonds is 4. The number of anilines is 1. The molecule has 2 rings (SSSR count). The molecule has 1 saturated heterocycles. The molecule has 1 aliphatic rings. The molecule has 0 unspecified atom stereocenters. The number of benzene rings is 1. The second-order valence-corrected chi connectivity index (χ2v) is 6.27. The van der Waals surface area contributed by atoms with Gasteiger partial charge in [0.1, 0.15) is 0 Å². The van der Waals surface area contributed by atoms with Gasteiger partial charge < -0.3 is 10.2 Å². The van der Waals surface area contributed by atoms with Crippen molar-refractivity contribution in [3.63, 3.8) is 0 Å². The van der Waals surface area contributed by atoms with E-state index < -0.39 is 0 Å². The largest absolute Gasteiger partial charge is 0.388 e. The molecule has 1 amide bonds. The Labute approximate surface area is 128 Å². The molecule has 1 N–H and O–H groups in total. The third-order valence-electron chi connectivity index (χ3n) is 4.03. The first-order valence-corrected chi connectivity index (χ1v) is 7.81. The molecule has 0 aromatic heterocycles. The zero-order valence-electron chi connectivity index (χ0n) is 13.6. The highest BCUT2D eigenvalue weighted by atomic mass is 16.2. The molecule has 0 radical (unpaired) electrons. The van der Waals surface area contributed by atoms with Gasteiger partial charge in [0.15, 0.2) is 0 Å². The van der Waals surface area contributed by atoms with Crippen molar-refractivity contribution in [3.05, 3.63) is 29.3 Å². The van der Waals surface area contributed by atoms with E-state index >= 15 is 0 Å². The first-order valence-electron chi connectivity index (χ1n) is 7.81. The highest BCUT2D eigenvalue weighted by Crippen LogP contribution is 2.17. The predicted molar refractivity (Wildman–Crippen MR) is 87.9 cm³/mol. The quantitative estimate of drug-likeness (QED) is 0.925. The average Bonchev–Trinajstić information content (AvgIpc) is 2.46. The van der Waals surface area contributed by atoms with Gasteiger partial charge in [0.2, 0.25) is 0 Å². The van der Waals surface area contributed by atoms with Crippen molar-refractivity contribution in [2.45, 2.75) is 20.8 Å². The number of nitrogens with one attached hydrogen (secondary N) is 1. The minimum Gasteiger partial charge on any atom is -0.388 e. The van der Waals surface area contributed by atoms with Crippen molar-refractivity contribution in [2.24, 2.45) is 5.92 Å². The SMILES string of the molecule is CNc1ccc(C(=O)N2CCN(CC(C)C)CC2)c(C)c1. The maximum absolute atomic E-state index is 12.6. The molecule has 0 aliphatic carbocycles. The van der Waals surface area contributed by atoms with E-state index in [1.165, 1.54) is 0 Å². The fraction of sp³-hybridized carbons (Fsp3) is 0.588. The van der Waals surface area contributed by atoms with Gasteiger partial charge in [-0.2, -0.15) is 0 Å². The molecule has 1 aliphatic heterocycles. The first-order chi connectivity index (χ1) is 10.0. The Hall–Kier alpha value is -1.55. The minimum absolute atomic E-state index is 0.166. The number of aryl methyl sites for hydroxylation is 1. The minimum atomic E-state index is 0.166. The predicted octanol–water partition coefficient (Wildman–Crippen LogP) is 2.45. The number of carbonyl (C=O) groups is 1. The molecule has 1 fully saturated rings. The molecule has 1 heterocycles. The van der Waals surface area contributed by atoms with E-state index in [1.54, 1.807) is 0 Å². The number of nitrogens with zero attached hydrogens (tertiary/aromatic N) is 2. The molecule has 0 saturated carbocycles. The van der Waals surface area contributed by atoms with E-state index in [9.17, 15) is 4.79 Å². The van der Waals surface area contributed by atoms with Crippen molar-refractivity contribution in [1.29, 1.82) is 0 Å². The second kappa shape index (κ2) is 6.94. The topological polar surface area (TPSA) is 35.6 Å². The van der Waals surface area contributed by atoms with Crippen LogP contribution in [0.2, 0.25) is 0 Å². The van der Waals surface area contributed by atoms with Gasteiger partial charge in [-0.15, -0.1) is 0 Å². The van der Waals surface area contributed by atoms with Gasteiger partial charge in [0.25, 0.3) is 5.91 Å². The zero-order valence-corrected chi connectivity index (χ0v) is 13.6. The molecular formula is C17H27N3O. The summed E-state index contributed by atoms with van der Waals surface area (Å²) in [5, 5.41) is 3.11. The fourth-order valence-corrected chi connectivity index (χ4v) is 2.88. The number of amides is 1. The van der Waals surface area contributed by atoms with Crippen molar-refractivity contribution >= 4 is 11.6 Å². The second-order valence-electron chi connectivity index (χ2n) is 6.27. The molecule has 0 spiro atoms. The highest BCUT2D eigenvalue weighted by molar-refractivity contribution is 5.96. The van der Waals surface area contributed by atoms with E-state index in [1.807, 2.05) is 37.1 Å².